The first kappa shape index (κ1) is 11.7. The summed E-state index contributed by atoms with van der Waals surface area (Å²) in [7, 11) is 0. The van der Waals surface area contributed by atoms with E-state index in [1.54, 1.807) is 0 Å². The lowest BCUT2D eigenvalue weighted by atomic mass is 9.72. The van der Waals surface area contributed by atoms with E-state index in [4.69, 9.17) is 0 Å². The Morgan fingerprint density at radius 2 is 1.75 bits per heavy atom. The Hall–Kier alpha value is -0.820. The lowest BCUT2D eigenvalue weighted by molar-refractivity contribution is -0.0229. The molecular weight excluding hydrogens is 196 g/mol. The number of aliphatic hydroxyl groups is 1. The van der Waals surface area contributed by atoms with Crippen molar-refractivity contribution in [2.45, 2.75) is 57.0 Å². The van der Waals surface area contributed by atoms with Crippen molar-refractivity contribution in [2.75, 3.05) is 0 Å². The summed E-state index contributed by atoms with van der Waals surface area (Å²) >= 11 is 0. The molecule has 1 aliphatic rings. The predicted molar refractivity (Wildman–Crippen MR) is 67.5 cm³/mol. The second kappa shape index (κ2) is 5.01. The molecule has 0 amide bonds. The van der Waals surface area contributed by atoms with Crippen molar-refractivity contribution in [1.29, 1.82) is 0 Å². The Morgan fingerprint density at radius 1 is 1.12 bits per heavy atom. The van der Waals surface area contributed by atoms with Crippen LogP contribution >= 0.6 is 0 Å². The molecule has 1 aliphatic carbocycles. The van der Waals surface area contributed by atoms with Gasteiger partial charge in [-0.05, 0) is 24.8 Å². The van der Waals surface area contributed by atoms with E-state index in [-0.39, 0.29) is 0 Å². The smallest absolute Gasteiger partial charge is 0.0715 e. The molecule has 0 spiro atoms. The van der Waals surface area contributed by atoms with Crippen LogP contribution in [-0.4, -0.2) is 10.7 Å². The van der Waals surface area contributed by atoms with Crippen LogP contribution in [0.1, 0.15) is 56.9 Å². The highest BCUT2D eigenvalue weighted by atomic mass is 16.3. The zero-order chi connectivity index (χ0) is 11.4. The first-order valence-electron chi connectivity index (χ1n) is 6.53. The summed E-state index contributed by atoms with van der Waals surface area (Å²) in [6.45, 7) is 2.18. The van der Waals surface area contributed by atoms with Crippen molar-refractivity contribution in [3.8, 4) is 0 Å². The molecule has 1 atom stereocenters. The molecule has 0 saturated heterocycles. The van der Waals surface area contributed by atoms with Gasteiger partial charge in [0.05, 0.1) is 5.60 Å². The standard InChI is InChI=1S/C15H22O/c1-2-14(13-9-5-3-6-10-13)15(16)11-7-4-8-12-15/h3,5-6,9-10,14,16H,2,4,7-8,11-12H2,1H3. The Balaban J connectivity index is 2.21. The van der Waals surface area contributed by atoms with Crippen molar-refractivity contribution >= 4 is 0 Å². The van der Waals surface area contributed by atoms with Gasteiger partial charge in [0.2, 0.25) is 0 Å². The third kappa shape index (κ3) is 2.30. The van der Waals surface area contributed by atoms with Crippen molar-refractivity contribution < 1.29 is 5.11 Å². The molecule has 16 heavy (non-hydrogen) atoms. The van der Waals surface area contributed by atoms with E-state index in [0.717, 1.165) is 19.3 Å². The van der Waals surface area contributed by atoms with Crippen molar-refractivity contribution in [3.05, 3.63) is 35.9 Å². The fourth-order valence-electron chi connectivity index (χ4n) is 3.12. The molecule has 1 saturated carbocycles. The molecule has 1 nitrogen and oxygen atoms in total. The van der Waals surface area contributed by atoms with Gasteiger partial charge in [0, 0.05) is 5.92 Å². The van der Waals surface area contributed by atoms with Crippen LogP contribution in [0.25, 0.3) is 0 Å². The van der Waals surface area contributed by atoms with Gasteiger partial charge in [-0.2, -0.15) is 0 Å². The van der Waals surface area contributed by atoms with E-state index in [0.29, 0.717) is 5.92 Å². The number of benzene rings is 1. The molecule has 2 rings (SSSR count). The molecule has 0 bridgehead atoms. The summed E-state index contributed by atoms with van der Waals surface area (Å²) in [4.78, 5) is 0. The van der Waals surface area contributed by atoms with Crippen molar-refractivity contribution in [1.82, 2.24) is 0 Å². The van der Waals surface area contributed by atoms with E-state index >= 15 is 0 Å². The second-order valence-corrected chi connectivity index (χ2v) is 5.04. The third-order valence-corrected chi connectivity index (χ3v) is 3.98. The molecule has 1 heteroatoms. The van der Waals surface area contributed by atoms with E-state index in [9.17, 15) is 5.11 Å². The van der Waals surface area contributed by atoms with Gasteiger partial charge >= 0.3 is 0 Å². The molecular formula is C15H22O. The molecule has 0 radical (unpaired) electrons. The quantitative estimate of drug-likeness (QED) is 0.816. The lowest BCUT2D eigenvalue weighted by Crippen LogP contribution is -2.38. The van der Waals surface area contributed by atoms with E-state index in [1.807, 2.05) is 6.07 Å². The first-order valence-corrected chi connectivity index (χ1v) is 6.53. The summed E-state index contributed by atoms with van der Waals surface area (Å²) in [5, 5.41) is 10.8. The SMILES string of the molecule is CCC(c1ccccc1)C1(O)CCCCC1. The molecule has 1 aromatic rings. The van der Waals surface area contributed by atoms with Crippen LogP contribution in [0.5, 0.6) is 0 Å². The largest absolute Gasteiger partial charge is 0.389 e. The van der Waals surface area contributed by atoms with E-state index in [2.05, 4.69) is 31.2 Å². The maximum absolute atomic E-state index is 10.8. The van der Waals surface area contributed by atoms with E-state index < -0.39 is 5.60 Å². The Bertz CT molecular complexity index is 311. The minimum atomic E-state index is -0.450. The molecule has 1 unspecified atom stereocenters. The summed E-state index contributed by atoms with van der Waals surface area (Å²) < 4.78 is 0. The Labute approximate surface area is 98.5 Å². The van der Waals surface area contributed by atoms with Crippen LogP contribution in [0.15, 0.2) is 30.3 Å². The monoisotopic (exact) mass is 218 g/mol. The van der Waals surface area contributed by atoms with Gasteiger partial charge in [-0.3, -0.25) is 0 Å². The summed E-state index contributed by atoms with van der Waals surface area (Å²) in [6.07, 6.45) is 6.62. The van der Waals surface area contributed by atoms with Gasteiger partial charge in [0.15, 0.2) is 0 Å². The van der Waals surface area contributed by atoms with Crippen LogP contribution in [0, 0.1) is 0 Å². The summed E-state index contributed by atoms with van der Waals surface area (Å²) in [5.41, 5.74) is 0.850. The molecule has 1 aromatic carbocycles. The van der Waals surface area contributed by atoms with Crippen LogP contribution in [0.4, 0.5) is 0 Å². The first-order chi connectivity index (χ1) is 7.76. The number of rotatable bonds is 3. The van der Waals surface area contributed by atoms with Crippen molar-refractivity contribution in [2.24, 2.45) is 0 Å². The molecule has 1 fully saturated rings. The van der Waals surface area contributed by atoms with Crippen LogP contribution < -0.4 is 0 Å². The minimum Gasteiger partial charge on any atom is -0.389 e. The fraction of sp³-hybridized carbons (Fsp3) is 0.600. The van der Waals surface area contributed by atoms with Crippen LogP contribution in [0.3, 0.4) is 0 Å². The third-order valence-electron chi connectivity index (χ3n) is 3.98. The lowest BCUT2D eigenvalue weighted by Gasteiger charge is -2.39. The minimum absolute atomic E-state index is 0.314. The average Bonchev–Trinajstić information content (AvgIpc) is 2.32. The van der Waals surface area contributed by atoms with Gasteiger partial charge in [0.1, 0.15) is 0 Å². The topological polar surface area (TPSA) is 20.2 Å². The van der Waals surface area contributed by atoms with Gasteiger partial charge in [-0.25, -0.2) is 0 Å². The van der Waals surface area contributed by atoms with Gasteiger partial charge < -0.3 is 5.11 Å². The fourth-order valence-corrected chi connectivity index (χ4v) is 3.12. The maximum atomic E-state index is 10.8. The normalized spacial score (nSPS) is 21.6. The summed E-state index contributed by atoms with van der Waals surface area (Å²) in [5.74, 6) is 0.314. The Morgan fingerprint density at radius 3 is 2.31 bits per heavy atom. The van der Waals surface area contributed by atoms with E-state index in [1.165, 1.54) is 24.8 Å². The van der Waals surface area contributed by atoms with Crippen LogP contribution in [-0.2, 0) is 0 Å². The van der Waals surface area contributed by atoms with Crippen LogP contribution in [0.2, 0.25) is 0 Å². The second-order valence-electron chi connectivity index (χ2n) is 5.04. The number of hydrogen-bond donors (Lipinski definition) is 1. The zero-order valence-electron chi connectivity index (χ0n) is 10.2. The highest BCUT2D eigenvalue weighted by Gasteiger charge is 2.37. The predicted octanol–water partition coefficient (Wildman–Crippen LogP) is 3.88. The summed E-state index contributed by atoms with van der Waals surface area (Å²) in [6, 6.07) is 10.5. The Kier molecular flexibility index (Phi) is 3.65. The molecule has 0 heterocycles. The molecule has 0 aliphatic heterocycles. The average molecular weight is 218 g/mol. The molecule has 1 N–H and O–H groups in total. The maximum Gasteiger partial charge on any atom is 0.0715 e. The van der Waals surface area contributed by atoms with Gasteiger partial charge in [-0.15, -0.1) is 0 Å². The molecule has 0 aromatic heterocycles. The van der Waals surface area contributed by atoms with Crippen molar-refractivity contribution in [3.63, 3.8) is 0 Å². The number of hydrogen-bond acceptors (Lipinski definition) is 1. The molecule has 88 valence electrons. The highest BCUT2D eigenvalue weighted by Crippen LogP contribution is 2.41. The van der Waals surface area contributed by atoms with Gasteiger partial charge in [0.25, 0.3) is 0 Å². The highest BCUT2D eigenvalue weighted by molar-refractivity contribution is 5.23. The zero-order valence-corrected chi connectivity index (χ0v) is 10.2. The van der Waals surface area contributed by atoms with Gasteiger partial charge in [-0.1, -0.05) is 56.5 Å².